The van der Waals surface area contributed by atoms with Gasteiger partial charge in [0.05, 0.1) is 5.92 Å². The SMILES string of the molecule is Cc1ccccc1C1(CNC(=O)C2CCCCC2(C)N)CCOCC1. The van der Waals surface area contributed by atoms with E-state index in [9.17, 15) is 4.79 Å². The molecule has 138 valence electrons. The first-order valence-electron chi connectivity index (χ1n) is 9.65. The van der Waals surface area contributed by atoms with Gasteiger partial charge in [0.15, 0.2) is 0 Å². The number of hydrogen-bond acceptors (Lipinski definition) is 3. The second-order valence-electron chi connectivity index (χ2n) is 8.23. The molecule has 2 fully saturated rings. The lowest BCUT2D eigenvalue weighted by atomic mass is 9.71. The molecule has 2 atom stereocenters. The fourth-order valence-corrected chi connectivity index (χ4v) is 4.64. The van der Waals surface area contributed by atoms with Crippen LogP contribution in [0, 0.1) is 12.8 Å². The lowest BCUT2D eigenvalue weighted by Crippen LogP contribution is -2.55. The lowest BCUT2D eigenvalue weighted by Gasteiger charge is -2.41. The predicted molar refractivity (Wildman–Crippen MR) is 100 cm³/mol. The topological polar surface area (TPSA) is 64.4 Å². The number of carbonyl (C=O) groups is 1. The average Bonchev–Trinajstić information content (AvgIpc) is 2.60. The minimum atomic E-state index is -0.381. The van der Waals surface area contributed by atoms with Gasteiger partial charge in [0.2, 0.25) is 5.91 Å². The number of aryl methyl sites for hydroxylation is 1. The van der Waals surface area contributed by atoms with E-state index in [0.717, 1.165) is 51.7 Å². The standard InChI is InChI=1S/C21H32N2O2/c1-16-7-3-4-8-17(16)21(11-13-25-14-12-21)15-23-19(24)18-9-5-6-10-20(18,2)22/h3-4,7-8,18H,5-6,9-15,22H2,1-2H3,(H,23,24). The molecule has 3 N–H and O–H groups in total. The van der Waals surface area contributed by atoms with Gasteiger partial charge in [-0.15, -0.1) is 0 Å². The van der Waals surface area contributed by atoms with E-state index < -0.39 is 0 Å². The highest BCUT2D eigenvalue weighted by Gasteiger charge is 2.40. The Bertz CT molecular complexity index is 606. The van der Waals surface area contributed by atoms with Crippen molar-refractivity contribution in [3.63, 3.8) is 0 Å². The van der Waals surface area contributed by atoms with Crippen molar-refractivity contribution >= 4 is 5.91 Å². The Morgan fingerprint density at radius 2 is 1.96 bits per heavy atom. The zero-order valence-electron chi connectivity index (χ0n) is 15.6. The Morgan fingerprint density at radius 1 is 1.24 bits per heavy atom. The van der Waals surface area contributed by atoms with Crippen LogP contribution in [0.25, 0.3) is 0 Å². The van der Waals surface area contributed by atoms with Crippen LogP contribution in [-0.2, 0) is 14.9 Å². The van der Waals surface area contributed by atoms with E-state index in [1.54, 1.807) is 0 Å². The Kier molecular flexibility index (Phi) is 5.49. The van der Waals surface area contributed by atoms with E-state index in [2.05, 4.69) is 36.5 Å². The number of hydrogen-bond donors (Lipinski definition) is 2. The Balaban J connectivity index is 1.75. The second-order valence-corrected chi connectivity index (χ2v) is 8.23. The van der Waals surface area contributed by atoms with E-state index in [-0.39, 0.29) is 22.8 Å². The molecule has 4 nitrogen and oxygen atoms in total. The van der Waals surface area contributed by atoms with E-state index in [1.807, 2.05) is 6.92 Å². The Labute approximate surface area is 151 Å². The third-order valence-electron chi connectivity index (χ3n) is 6.34. The molecule has 1 aliphatic carbocycles. The van der Waals surface area contributed by atoms with Crippen LogP contribution in [0.15, 0.2) is 24.3 Å². The summed E-state index contributed by atoms with van der Waals surface area (Å²) in [7, 11) is 0. The van der Waals surface area contributed by atoms with E-state index in [0.29, 0.717) is 6.54 Å². The van der Waals surface area contributed by atoms with Crippen LogP contribution in [0.1, 0.15) is 56.6 Å². The fourth-order valence-electron chi connectivity index (χ4n) is 4.64. The van der Waals surface area contributed by atoms with Crippen molar-refractivity contribution in [2.75, 3.05) is 19.8 Å². The summed E-state index contributed by atoms with van der Waals surface area (Å²) >= 11 is 0. The minimum Gasteiger partial charge on any atom is -0.381 e. The van der Waals surface area contributed by atoms with Crippen LogP contribution < -0.4 is 11.1 Å². The molecule has 1 saturated carbocycles. The van der Waals surface area contributed by atoms with Gasteiger partial charge >= 0.3 is 0 Å². The molecule has 2 unspecified atom stereocenters. The van der Waals surface area contributed by atoms with Gasteiger partial charge in [0.1, 0.15) is 0 Å². The van der Waals surface area contributed by atoms with Gasteiger partial charge < -0.3 is 15.8 Å². The number of nitrogens with one attached hydrogen (secondary N) is 1. The molecular formula is C21H32N2O2. The first-order chi connectivity index (χ1) is 11.9. The van der Waals surface area contributed by atoms with Crippen molar-refractivity contribution in [1.29, 1.82) is 0 Å². The normalized spacial score (nSPS) is 29.2. The summed E-state index contributed by atoms with van der Waals surface area (Å²) in [5.74, 6) is 0.0548. The van der Waals surface area contributed by atoms with Gasteiger partial charge in [-0.1, -0.05) is 37.1 Å². The monoisotopic (exact) mass is 344 g/mol. The minimum absolute atomic E-state index is 0.0288. The maximum atomic E-state index is 12.9. The molecule has 2 aliphatic rings. The Hall–Kier alpha value is -1.39. The van der Waals surface area contributed by atoms with Crippen LogP contribution in [0.2, 0.25) is 0 Å². The van der Waals surface area contributed by atoms with E-state index in [1.165, 1.54) is 11.1 Å². The summed E-state index contributed by atoms with van der Waals surface area (Å²) in [5, 5.41) is 3.27. The van der Waals surface area contributed by atoms with Crippen LogP contribution in [0.3, 0.4) is 0 Å². The van der Waals surface area contributed by atoms with E-state index >= 15 is 0 Å². The number of rotatable bonds is 4. The smallest absolute Gasteiger partial charge is 0.224 e. The van der Waals surface area contributed by atoms with Crippen molar-refractivity contribution in [3.05, 3.63) is 35.4 Å². The molecule has 0 spiro atoms. The summed E-state index contributed by atoms with van der Waals surface area (Å²) in [6.07, 6.45) is 5.95. The number of ether oxygens (including phenoxy) is 1. The second kappa shape index (κ2) is 7.46. The summed E-state index contributed by atoms with van der Waals surface area (Å²) in [6.45, 7) is 6.37. The molecule has 1 amide bonds. The van der Waals surface area contributed by atoms with Crippen LogP contribution in [0.4, 0.5) is 0 Å². The molecule has 0 aromatic heterocycles. The number of carbonyl (C=O) groups excluding carboxylic acids is 1. The van der Waals surface area contributed by atoms with Crippen molar-refractivity contribution in [2.45, 2.75) is 63.3 Å². The van der Waals surface area contributed by atoms with Crippen LogP contribution in [-0.4, -0.2) is 31.2 Å². The third kappa shape index (κ3) is 3.90. The highest BCUT2D eigenvalue weighted by Crippen LogP contribution is 2.37. The number of benzene rings is 1. The quantitative estimate of drug-likeness (QED) is 0.882. The van der Waals surface area contributed by atoms with Crippen LogP contribution >= 0.6 is 0 Å². The first-order valence-corrected chi connectivity index (χ1v) is 9.65. The maximum Gasteiger partial charge on any atom is 0.224 e. The zero-order valence-corrected chi connectivity index (χ0v) is 15.6. The molecule has 1 heterocycles. The maximum absolute atomic E-state index is 12.9. The highest BCUT2D eigenvalue weighted by molar-refractivity contribution is 5.80. The van der Waals surface area contributed by atoms with Crippen molar-refractivity contribution < 1.29 is 9.53 Å². The molecule has 3 rings (SSSR count). The molecule has 1 aromatic rings. The van der Waals surface area contributed by atoms with E-state index in [4.69, 9.17) is 10.5 Å². The fraction of sp³-hybridized carbons (Fsp3) is 0.667. The molecule has 0 radical (unpaired) electrons. The first kappa shape index (κ1) is 18.4. The van der Waals surface area contributed by atoms with Crippen molar-refractivity contribution in [2.24, 2.45) is 11.7 Å². The molecule has 0 bridgehead atoms. The van der Waals surface area contributed by atoms with Gasteiger partial charge in [-0.05, 0) is 50.7 Å². The van der Waals surface area contributed by atoms with Gasteiger partial charge in [0, 0.05) is 30.7 Å². The summed E-state index contributed by atoms with van der Waals surface area (Å²) in [6, 6.07) is 8.54. The summed E-state index contributed by atoms with van der Waals surface area (Å²) in [4.78, 5) is 12.9. The van der Waals surface area contributed by atoms with Crippen molar-refractivity contribution in [1.82, 2.24) is 5.32 Å². The van der Waals surface area contributed by atoms with Crippen LogP contribution in [0.5, 0.6) is 0 Å². The summed E-state index contributed by atoms with van der Waals surface area (Å²) < 4.78 is 5.61. The van der Waals surface area contributed by atoms with Crippen molar-refractivity contribution in [3.8, 4) is 0 Å². The third-order valence-corrected chi connectivity index (χ3v) is 6.34. The predicted octanol–water partition coefficient (Wildman–Crippen LogP) is 3.07. The summed E-state index contributed by atoms with van der Waals surface area (Å²) in [5.41, 5.74) is 8.65. The largest absolute Gasteiger partial charge is 0.381 e. The Morgan fingerprint density at radius 3 is 2.64 bits per heavy atom. The average molecular weight is 344 g/mol. The molecule has 1 aromatic carbocycles. The highest BCUT2D eigenvalue weighted by atomic mass is 16.5. The van der Waals surface area contributed by atoms with Gasteiger partial charge in [-0.3, -0.25) is 4.79 Å². The molecular weight excluding hydrogens is 312 g/mol. The van der Waals surface area contributed by atoms with Gasteiger partial charge in [0.25, 0.3) is 0 Å². The molecule has 4 heteroatoms. The zero-order chi connectivity index (χ0) is 17.9. The molecule has 1 saturated heterocycles. The molecule has 1 aliphatic heterocycles. The number of nitrogens with two attached hydrogens (primary N) is 1. The van der Waals surface area contributed by atoms with Gasteiger partial charge in [-0.25, -0.2) is 0 Å². The lowest BCUT2D eigenvalue weighted by molar-refractivity contribution is -0.128. The number of amides is 1. The molecule has 25 heavy (non-hydrogen) atoms. The van der Waals surface area contributed by atoms with Gasteiger partial charge in [-0.2, -0.15) is 0 Å².